The Kier molecular flexibility index (Phi) is 7.26. The SMILES string of the molecule is CCCOc1ccc(OC(C)CCCNC)cc1. The molecule has 0 aliphatic rings. The van der Waals surface area contributed by atoms with E-state index in [2.05, 4.69) is 19.2 Å². The number of hydrogen-bond donors (Lipinski definition) is 1. The minimum Gasteiger partial charge on any atom is -0.494 e. The third-order valence-electron chi connectivity index (χ3n) is 2.67. The first-order valence-electron chi connectivity index (χ1n) is 6.80. The molecule has 0 bridgehead atoms. The molecule has 18 heavy (non-hydrogen) atoms. The lowest BCUT2D eigenvalue weighted by atomic mass is 10.2. The Labute approximate surface area is 110 Å². The molecule has 1 aromatic carbocycles. The van der Waals surface area contributed by atoms with Gasteiger partial charge in [0.25, 0.3) is 0 Å². The monoisotopic (exact) mass is 251 g/mol. The molecular weight excluding hydrogens is 226 g/mol. The van der Waals surface area contributed by atoms with Crippen molar-refractivity contribution in [2.24, 2.45) is 0 Å². The van der Waals surface area contributed by atoms with Crippen LogP contribution in [0, 0.1) is 0 Å². The fraction of sp³-hybridized carbons (Fsp3) is 0.600. The number of rotatable bonds is 9. The van der Waals surface area contributed by atoms with E-state index in [1.54, 1.807) is 0 Å². The van der Waals surface area contributed by atoms with Crippen LogP contribution < -0.4 is 14.8 Å². The lowest BCUT2D eigenvalue weighted by molar-refractivity contribution is 0.207. The number of benzene rings is 1. The maximum Gasteiger partial charge on any atom is 0.119 e. The molecule has 0 radical (unpaired) electrons. The number of hydrogen-bond acceptors (Lipinski definition) is 3. The molecule has 0 aromatic heterocycles. The minimum absolute atomic E-state index is 0.251. The summed E-state index contributed by atoms with van der Waals surface area (Å²) in [6.07, 6.45) is 3.48. The van der Waals surface area contributed by atoms with Gasteiger partial charge in [0.15, 0.2) is 0 Å². The summed E-state index contributed by atoms with van der Waals surface area (Å²) in [5.41, 5.74) is 0. The molecule has 1 N–H and O–H groups in total. The van der Waals surface area contributed by atoms with E-state index < -0.39 is 0 Å². The van der Waals surface area contributed by atoms with Gasteiger partial charge in [0.05, 0.1) is 12.7 Å². The van der Waals surface area contributed by atoms with Crippen LogP contribution >= 0.6 is 0 Å². The maximum atomic E-state index is 5.84. The van der Waals surface area contributed by atoms with Crippen molar-refractivity contribution in [3.8, 4) is 11.5 Å². The highest BCUT2D eigenvalue weighted by molar-refractivity contribution is 5.31. The van der Waals surface area contributed by atoms with Crippen molar-refractivity contribution >= 4 is 0 Å². The van der Waals surface area contributed by atoms with Gasteiger partial charge in [0.1, 0.15) is 11.5 Å². The third kappa shape index (κ3) is 5.92. The lowest BCUT2D eigenvalue weighted by Crippen LogP contribution is -2.15. The van der Waals surface area contributed by atoms with Crippen LogP contribution in [0.5, 0.6) is 11.5 Å². The average molecular weight is 251 g/mol. The summed E-state index contributed by atoms with van der Waals surface area (Å²) in [5, 5.41) is 3.14. The number of ether oxygens (including phenoxy) is 2. The zero-order valence-electron chi connectivity index (χ0n) is 11.7. The largest absolute Gasteiger partial charge is 0.494 e. The second-order valence-electron chi connectivity index (χ2n) is 4.49. The first-order valence-corrected chi connectivity index (χ1v) is 6.80. The Bertz CT molecular complexity index is 311. The van der Waals surface area contributed by atoms with Gasteiger partial charge in [-0.05, 0) is 64.0 Å². The fourth-order valence-corrected chi connectivity index (χ4v) is 1.69. The maximum absolute atomic E-state index is 5.84. The van der Waals surface area contributed by atoms with Gasteiger partial charge in [-0.2, -0.15) is 0 Å². The summed E-state index contributed by atoms with van der Waals surface area (Å²) in [6.45, 7) is 6.01. The normalized spacial score (nSPS) is 12.2. The molecule has 0 heterocycles. The van der Waals surface area contributed by atoms with Gasteiger partial charge < -0.3 is 14.8 Å². The van der Waals surface area contributed by atoms with Crippen molar-refractivity contribution in [2.75, 3.05) is 20.2 Å². The topological polar surface area (TPSA) is 30.5 Å². The molecule has 0 saturated carbocycles. The van der Waals surface area contributed by atoms with Crippen LogP contribution in [0.3, 0.4) is 0 Å². The van der Waals surface area contributed by atoms with E-state index in [9.17, 15) is 0 Å². The predicted octanol–water partition coefficient (Wildman–Crippen LogP) is 3.24. The third-order valence-corrected chi connectivity index (χ3v) is 2.67. The van der Waals surface area contributed by atoms with Crippen LogP contribution in [0.25, 0.3) is 0 Å². The van der Waals surface area contributed by atoms with E-state index in [0.717, 1.165) is 43.9 Å². The molecule has 1 aromatic rings. The van der Waals surface area contributed by atoms with Crippen LogP contribution in [0.15, 0.2) is 24.3 Å². The Morgan fingerprint density at radius 2 is 1.83 bits per heavy atom. The van der Waals surface area contributed by atoms with E-state index >= 15 is 0 Å². The molecule has 1 unspecified atom stereocenters. The molecule has 0 saturated heterocycles. The van der Waals surface area contributed by atoms with Crippen LogP contribution in [-0.2, 0) is 0 Å². The standard InChI is InChI=1S/C15H25NO2/c1-4-12-17-14-7-9-15(10-8-14)18-13(2)6-5-11-16-3/h7-10,13,16H,4-6,11-12H2,1-3H3. The van der Waals surface area contributed by atoms with Crippen molar-refractivity contribution < 1.29 is 9.47 Å². The van der Waals surface area contributed by atoms with Crippen molar-refractivity contribution in [1.82, 2.24) is 5.32 Å². The second-order valence-corrected chi connectivity index (χ2v) is 4.49. The minimum atomic E-state index is 0.251. The fourth-order valence-electron chi connectivity index (χ4n) is 1.69. The van der Waals surface area contributed by atoms with E-state index in [4.69, 9.17) is 9.47 Å². The summed E-state index contributed by atoms with van der Waals surface area (Å²) in [7, 11) is 1.97. The highest BCUT2D eigenvalue weighted by Crippen LogP contribution is 2.19. The first-order chi connectivity index (χ1) is 8.76. The highest BCUT2D eigenvalue weighted by atomic mass is 16.5. The Balaban J connectivity index is 2.33. The van der Waals surface area contributed by atoms with E-state index in [-0.39, 0.29) is 6.10 Å². The molecule has 3 heteroatoms. The van der Waals surface area contributed by atoms with Gasteiger partial charge in [-0.3, -0.25) is 0 Å². The van der Waals surface area contributed by atoms with E-state index in [0.29, 0.717) is 0 Å². The average Bonchev–Trinajstić information content (AvgIpc) is 2.38. The molecule has 102 valence electrons. The zero-order valence-corrected chi connectivity index (χ0v) is 11.7. The van der Waals surface area contributed by atoms with E-state index in [1.807, 2.05) is 31.3 Å². The Morgan fingerprint density at radius 3 is 2.44 bits per heavy atom. The summed E-state index contributed by atoms with van der Waals surface area (Å²) < 4.78 is 11.4. The number of nitrogens with one attached hydrogen (secondary N) is 1. The quantitative estimate of drug-likeness (QED) is 0.683. The summed E-state index contributed by atoms with van der Waals surface area (Å²) in [6, 6.07) is 7.87. The van der Waals surface area contributed by atoms with Crippen molar-refractivity contribution in [1.29, 1.82) is 0 Å². The van der Waals surface area contributed by atoms with E-state index in [1.165, 1.54) is 0 Å². The molecule has 0 aliphatic carbocycles. The predicted molar refractivity (Wildman–Crippen MR) is 75.5 cm³/mol. The molecule has 1 rings (SSSR count). The van der Waals surface area contributed by atoms with Gasteiger partial charge >= 0.3 is 0 Å². The summed E-state index contributed by atoms with van der Waals surface area (Å²) in [5.74, 6) is 1.82. The summed E-state index contributed by atoms with van der Waals surface area (Å²) in [4.78, 5) is 0. The van der Waals surface area contributed by atoms with Crippen molar-refractivity contribution in [3.63, 3.8) is 0 Å². The molecule has 0 spiro atoms. The molecule has 0 fully saturated rings. The Hall–Kier alpha value is -1.22. The lowest BCUT2D eigenvalue weighted by Gasteiger charge is -2.15. The zero-order chi connectivity index (χ0) is 13.2. The Morgan fingerprint density at radius 1 is 1.17 bits per heavy atom. The van der Waals surface area contributed by atoms with Crippen LogP contribution in [0.1, 0.15) is 33.1 Å². The van der Waals surface area contributed by atoms with Gasteiger partial charge in [-0.1, -0.05) is 6.92 Å². The second kappa shape index (κ2) is 8.81. The molecule has 0 aliphatic heterocycles. The van der Waals surface area contributed by atoms with Crippen molar-refractivity contribution in [2.45, 2.75) is 39.2 Å². The molecule has 3 nitrogen and oxygen atoms in total. The van der Waals surface area contributed by atoms with Crippen LogP contribution in [0.2, 0.25) is 0 Å². The smallest absolute Gasteiger partial charge is 0.119 e. The summed E-state index contributed by atoms with van der Waals surface area (Å²) >= 11 is 0. The molecular formula is C15H25NO2. The molecule has 0 amide bonds. The van der Waals surface area contributed by atoms with Crippen molar-refractivity contribution in [3.05, 3.63) is 24.3 Å². The highest BCUT2D eigenvalue weighted by Gasteiger charge is 2.03. The first kappa shape index (κ1) is 14.8. The van der Waals surface area contributed by atoms with Gasteiger partial charge in [-0.15, -0.1) is 0 Å². The van der Waals surface area contributed by atoms with Crippen LogP contribution in [-0.4, -0.2) is 26.3 Å². The van der Waals surface area contributed by atoms with Gasteiger partial charge in [-0.25, -0.2) is 0 Å². The van der Waals surface area contributed by atoms with Gasteiger partial charge in [0, 0.05) is 0 Å². The molecule has 1 atom stereocenters. The van der Waals surface area contributed by atoms with Crippen LogP contribution in [0.4, 0.5) is 0 Å². The van der Waals surface area contributed by atoms with Gasteiger partial charge in [0.2, 0.25) is 0 Å².